The average Bonchev–Trinajstić information content (AvgIpc) is 2.29. The van der Waals surface area contributed by atoms with Crippen LogP contribution in [0.25, 0.3) is 0 Å². The molecule has 1 heterocycles. The predicted molar refractivity (Wildman–Crippen MR) is 64.0 cm³/mol. The summed E-state index contributed by atoms with van der Waals surface area (Å²) in [7, 11) is 0. The third-order valence-corrected chi connectivity index (χ3v) is 3.32. The van der Waals surface area contributed by atoms with Crippen molar-refractivity contribution >= 4 is 0 Å². The molecule has 0 aromatic carbocycles. The lowest BCUT2D eigenvalue weighted by molar-refractivity contribution is 0.0661. The van der Waals surface area contributed by atoms with Gasteiger partial charge in [0.25, 0.3) is 0 Å². The third-order valence-electron chi connectivity index (χ3n) is 3.32. The molecule has 0 radical (unpaired) electrons. The van der Waals surface area contributed by atoms with E-state index in [4.69, 9.17) is 10.4 Å². The van der Waals surface area contributed by atoms with E-state index in [9.17, 15) is 0 Å². The highest BCUT2D eigenvalue weighted by molar-refractivity contribution is 5.02. The Balaban J connectivity index is 2.37. The van der Waals surface area contributed by atoms with Crippen LogP contribution in [0.15, 0.2) is 0 Å². The molecule has 1 saturated heterocycles. The quantitative estimate of drug-likeness (QED) is 0.758. The van der Waals surface area contributed by atoms with E-state index in [2.05, 4.69) is 22.8 Å². The maximum absolute atomic E-state index is 9.06. The van der Waals surface area contributed by atoms with Gasteiger partial charge in [-0.1, -0.05) is 6.92 Å². The monoisotopic (exact) mass is 225 g/mol. The fourth-order valence-electron chi connectivity index (χ4n) is 2.06. The predicted octanol–water partition coefficient (Wildman–Crippen LogP) is 0.535. The molecule has 0 amide bonds. The Morgan fingerprint density at radius 3 is 2.31 bits per heavy atom. The Labute approximate surface area is 98.5 Å². The molecule has 92 valence electrons. The fraction of sp³-hybridized carbons (Fsp3) is 0.917. The standard InChI is InChI=1S/C12H23N3O/c1-11(9-16)8-14-4-6-15(7-5-14)12(2,3)10-13/h11,16H,4-9H2,1-3H3. The van der Waals surface area contributed by atoms with Crippen molar-refractivity contribution in [3.63, 3.8) is 0 Å². The zero-order valence-corrected chi connectivity index (χ0v) is 10.6. The summed E-state index contributed by atoms with van der Waals surface area (Å²) in [5, 5.41) is 18.1. The molecular formula is C12H23N3O. The van der Waals surface area contributed by atoms with Crippen LogP contribution in [0.2, 0.25) is 0 Å². The first-order valence-corrected chi connectivity index (χ1v) is 5.99. The van der Waals surface area contributed by atoms with Gasteiger partial charge in [-0.3, -0.25) is 4.90 Å². The van der Waals surface area contributed by atoms with Gasteiger partial charge in [0.15, 0.2) is 0 Å². The minimum absolute atomic E-state index is 0.254. The van der Waals surface area contributed by atoms with Gasteiger partial charge in [-0.05, 0) is 19.8 Å². The summed E-state index contributed by atoms with van der Waals surface area (Å²) in [5.74, 6) is 0.343. The molecule has 0 bridgehead atoms. The molecule has 16 heavy (non-hydrogen) atoms. The lowest BCUT2D eigenvalue weighted by Gasteiger charge is -2.41. The zero-order chi connectivity index (χ0) is 12.2. The second kappa shape index (κ2) is 5.62. The second-order valence-electron chi connectivity index (χ2n) is 5.25. The van der Waals surface area contributed by atoms with E-state index in [1.807, 2.05) is 13.8 Å². The van der Waals surface area contributed by atoms with Gasteiger partial charge < -0.3 is 10.0 Å². The molecule has 1 N–H and O–H groups in total. The number of nitrogens with zero attached hydrogens (tertiary/aromatic N) is 3. The van der Waals surface area contributed by atoms with Crippen molar-refractivity contribution in [2.45, 2.75) is 26.3 Å². The van der Waals surface area contributed by atoms with Crippen molar-refractivity contribution in [3.05, 3.63) is 0 Å². The van der Waals surface area contributed by atoms with Crippen LogP contribution in [0.4, 0.5) is 0 Å². The number of aliphatic hydroxyl groups excluding tert-OH is 1. The van der Waals surface area contributed by atoms with Gasteiger partial charge in [-0.15, -0.1) is 0 Å². The van der Waals surface area contributed by atoms with Crippen molar-refractivity contribution in [1.29, 1.82) is 5.26 Å². The molecule has 4 heteroatoms. The van der Waals surface area contributed by atoms with Gasteiger partial charge in [0.2, 0.25) is 0 Å². The smallest absolute Gasteiger partial charge is 0.103 e. The number of piperazine rings is 1. The Hall–Kier alpha value is -0.630. The van der Waals surface area contributed by atoms with Gasteiger partial charge in [-0.25, -0.2) is 0 Å². The Morgan fingerprint density at radius 2 is 1.88 bits per heavy atom. The maximum atomic E-state index is 9.06. The van der Waals surface area contributed by atoms with Crippen molar-refractivity contribution in [2.75, 3.05) is 39.3 Å². The first kappa shape index (κ1) is 13.4. The lowest BCUT2D eigenvalue weighted by atomic mass is 10.0. The van der Waals surface area contributed by atoms with Crippen LogP contribution in [0.5, 0.6) is 0 Å². The van der Waals surface area contributed by atoms with Crippen LogP contribution < -0.4 is 0 Å². The van der Waals surface area contributed by atoms with Gasteiger partial charge in [0.05, 0.1) is 6.07 Å². The topological polar surface area (TPSA) is 50.5 Å². The van der Waals surface area contributed by atoms with E-state index in [1.54, 1.807) is 0 Å². The van der Waals surface area contributed by atoms with Gasteiger partial charge in [0.1, 0.15) is 5.54 Å². The minimum atomic E-state index is -0.352. The molecule has 0 saturated carbocycles. The second-order valence-corrected chi connectivity index (χ2v) is 5.25. The van der Waals surface area contributed by atoms with Crippen LogP contribution in [-0.2, 0) is 0 Å². The first-order valence-electron chi connectivity index (χ1n) is 5.99. The molecule has 1 unspecified atom stereocenters. The molecule has 0 aromatic heterocycles. The lowest BCUT2D eigenvalue weighted by Crippen LogP contribution is -2.54. The number of aliphatic hydroxyl groups is 1. The SMILES string of the molecule is CC(CO)CN1CCN(C(C)(C)C#N)CC1. The summed E-state index contributed by atoms with van der Waals surface area (Å²) < 4.78 is 0. The zero-order valence-electron chi connectivity index (χ0n) is 10.6. The van der Waals surface area contributed by atoms with Crippen molar-refractivity contribution in [1.82, 2.24) is 9.80 Å². The molecule has 0 aliphatic carbocycles. The number of rotatable bonds is 4. The van der Waals surface area contributed by atoms with E-state index in [0.29, 0.717) is 5.92 Å². The van der Waals surface area contributed by atoms with Crippen LogP contribution in [-0.4, -0.2) is 59.8 Å². The highest BCUT2D eigenvalue weighted by Crippen LogP contribution is 2.16. The van der Waals surface area contributed by atoms with Crippen molar-refractivity contribution in [3.8, 4) is 6.07 Å². The molecular weight excluding hydrogens is 202 g/mol. The van der Waals surface area contributed by atoms with Gasteiger partial charge in [0, 0.05) is 39.3 Å². The molecule has 4 nitrogen and oxygen atoms in total. The van der Waals surface area contributed by atoms with E-state index in [-0.39, 0.29) is 12.1 Å². The average molecular weight is 225 g/mol. The van der Waals surface area contributed by atoms with Crippen LogP contribution in [0.3, 0.4) is 0 Å². The summed E-state index contributed by atoms with van der Waals surface area (Å²) in [5.41, 5.74) is -0.352. The number of nitriles is 1. The highest BCUT2D eigenvalue weighted by Gasteiger charge is 2.29. The molecule has 1 atom stereocenters. The van der Waals surface area contributed by atoms with Crippen molar-refractivity contribution < 1.29 is 5.11 Å². The van der Waals surface area contributed by atoms with E-state index in [0.717, 1.165) is 32.7 Å². The van der Waals surface area contributed by atoms with Crippen molar-refractivity contribution in [2.24, 2.45) is 5.92 Å². The van der Waals surface area contributed by atoms with Crippen LogP contribution in [0.1, 0.15) is 20.8 Å². The Kier molecular flexibility index (Phi) is 4.72. The summed E-state index contributed by atoms with van der Waals surface area (Å²) in [6, 6.07) is 2.35. The largest absolute Gasteiger partial charge is 0.396 e. The summed E-state index contributed by atoms with van der Waals surface area (Å²) in [6.07, 6.45) is 0. The minimum Gasteiger partial charge on any atom is -0.396 e. The normalized spacial score (nSPS) is 21.7. The molecule has 0 spiro atoms. The molecule has 0 aromatic rings. The summed E-state index contributed by atoms with van der Waals surface area (Å²) in [4.78, 5) is 4.60. The van der Waals surface area contributed by atoms with Crippen LogP contribution in [0, 0.1) is 17.2 Å². The molecule has 1 fully saturated rings. The summed E-state index contributed by atoms with van der Waals surface area (Å²) >= 11 is 0. The number of hydrogen-bond acceptors (Lipinski definition) is 4. The Morgan fingerprint density at radius 1 is 1.31 bits per heavy atom. The first-order chi connectivity index (χ1) is 7.49. The van der Waals surface area contributed by atoms with E-state index in [1.165, 1.54) is 0 Å². The molecule has 1 aliphatic heterocycles. The summed E-state index contributed by atoms with van der Waals surface area (Å²) in [6.45, 7) is 11.1. The maximum Gasteiger partial charge on any atom is 0.103 e. The highest BCUT2D eigenvalue weighted by atomic mass is 16.3. The van der Waals surface area contributed by atoms with Crippen LogP contribution >= 0.6 is 0 Å². The van der Waals surface area contributed by atoms with Gasteiger partial charge >= 0.3 is 0 Å². The van der Waals surface area contributed by atoms with E-state index < -0.39 is 0 Å². The third kappa shape index (κ3) is 3.44. The van der Waals surface area contributed by atoms with E-state index >= 15 is 0 Å². The molecule has 1 aliphatic rings. The Bertz CT molecular complexity index is 251. The van der Waals surface area contributed by atoms with Gasteiger partial charge in [-0.2, -0.15) is 5.26 Å². The number of hydrogen-bond donors (Lipinski definition) is 1. The fourth-order valence-corrected chi connectivity index (χ4v) is 2.06. The molecule has 1 rings (SSSR count).